The molecule has 0 radical (unpaired) electrons. The highest BCUT2D eigenvalue weighted by Gasteiger charge is 2.30. The molecule has 1 aromatic rings. The molecule has 0 amide bonds. The summed E-state index contributed by atoms with van der Waals surface area (Å²) in [5, 5.41) is 9.55. The number of ether oxygens (including phenoxy) is 2. The molecule has 2 aliphatic heterocycles. The van der Waals surface area contributed by atoms with Crippen LogP contribution < -0.4 is 9.47 Å². The molecule has 0 fully saturated rings. The van der Waals surface area contributed by atoms with Crippen molar-refractivity contribution in [2.75, 3.05) is 19.8 Å². The SMILES string of the molecule is CC(CO)c1c2c(c(Br)c3c1OCCC3)OCCC2. The summed E-state index contributed by atoms with van der Waals surface area (Å²) >= 11 is 3.69. The quantitative estimate of drug-likeness (QED) is 0.907. The van der Waals surface area contributed by atoms with Crippen molar-refractivity contribution in [3.05, 3.63) is 21.2 Å². The average molecular weight is 327 g/mol. The molecule has 2 aliphatic rings. The molecule has 0 spiro atoms. The summed E-state index contributed by atoms with van der Waals surface area (Å²) in [6.07, 6.45) is 4.09. The molecule has 104 valence electrons. The molecule has 0 aliphatic carbocycles. The monoisotopic (exact) mass is 326 g/mol. The van der Waals surface area contributed by atoms with E-state index in [-0.39, 0.29) is 12.5 Å². The number of hydrogen-bond acceptors (Lipinski definition) is 3. The van der Waals surface area contributed by atoms with Gasteiger partial charge in [0.25, 0.3) is 0 Å². The Labute approximate surface area is 122 Å². The van der Waals surface area contributed by atoms with Crippen molar-refractivity contribution in [2.45, 2.75) is 38.5 Å². The van der Waals surface area contributed by atoms with Gasteiger partial charge >= 0.3 is 0 Å². The van der Waals surface area contributed by atoms with Crippen LogP contribution in [0.2, 0.25) is 0 Å². The van der Waals surface area contributed by atoms with E-state index >= 15 is 0 Å². The molecule has 1 unspecified atom stereocenters. The predicted octanol–water partition coefficient (Wildman–Crippen LogP) is 3.19. The molecule has 0 saturated carbocycles. The summed E-state index contributed by atoms with van der Waals surface area (Å²) in [6, 6.07) is 0. The highest BCUT2D eigenvalue weighted by Crippen LogP contribution is 2.48. The van der Waals surface area contributed by atoms with Crippen molar-refractivity contribution < 1.29 is 14.6 Å². The van der Waals surface area contributed by atoms with Crippen LogP contribution in [-0.4, -0.2) is 24.9 Å². The van der Waals surface area contributed by atoms with Crippen LogP contribution in [0, 0.1) is 0 Å². The van der Waals surface area contributed by atoms with Crippen LogP contribution in [0.5, 0.6) is 11.5 Å². The maximum Gasteiger partial charge on any atom is 0.137 e. The second-order valence-electron chi connectivity index (χ2n) is 5.33. The first-order valence-corrected chi connectivity index (χ1v) is 7.77. The van der Waals surface area contributed by atoms with E-state index in [2.05, 4.69) is 22.9 Å². The van der Waals surface area contributed by atoms with Gasteiger partial charge in [-0.15, -0.1) is 0 Å². The van der Waals surface area contributed by atoms with Crippen LogP contribution in [0.15, 0.2) is 4.47 Å². The van der Waals surface area contributed by atoms with E-state index in [1.165, 1.54) is 11.1 Å². The van der Waals surface area contributed by atoms with Gasteiger partial charge < -0.3 is 14.6 Å². The lowest BCUT2D eigenvalue weighted by Crippen LogP contribution is -2.19. The maximum atomic E-state index is 9.55. The molecular weight excluding hydrogens is 308 g/mol. The summed E-state index contributed by atoms with van der Waals surface area (Å²) in [4.78, 5) is 0. The highest BCUT2D eigenvalue weighted by molar-refractivity contribution is 9.10. The molecule has 1 atom stereocenters. The number of fused-ring (bicyclic) bond motifs is 2. The molecule has 0 saturated heterocycles. The van der Waals surface area contributed by atoms with Crippen LogP contribution in [0.4, 0.5) is 0 Å². The fraction of sp³-hybridized carbons (Fsp3) is 0.600. The van der Waals surface area contributed by atoms with Crippen LogP contribution in [0.3, 0.4) is 0 Å². The summed E-state index contributed by atoms with van der Waals surface area (Å²) in [7, 11) is 0. The van der Waals surface area contributed by atoms with E-state index in [1.807, 2.05) is 0 Å². The van der Waals surface area contributed by atoms with Gasteiger partial charge in [-0.05, 0) is 41.6 Å². The van der Waals surface area contributed by atoms with E-state index in [9.17, 15) is 5.11 Å². The minimum absolute atomic E-state index is 0.0930. The largest absolute Gasteiger partial charge is 0.493 e. The zero-order valence-corrected chi connectivity index (χ0v) is 12.8. The molecule has 3 nitrogen and oxygen atoms in total. The molecule has 19 heavy (non-hydrogen) atoms. The first kappa shape index (κ1) is 13.3. The highest BCUT2D eigenvalue weighted by atomic mass is 79.9. The van der Waals surface area contributed by atoms with Crippen molar-refractivity contribution in [2.24, 2.45) is 0 Å². The average Bonchev–Trinajstić information content (AvgIpc) is 2.47. The van der Waals surface area contributed by atoms with Crippen molar-refractivity contribution in [1.82, 2.24) is 0 Å². The second-order valence-corrected chi connectivity index (χ2v) is 6.12. The van der Waals surface area contributed by atoms with Gasteiger partial charge in [0.05, 0.1) is 17.7 Å². The lowest BCUT2D eigenvalue weighted by Gasteiger charge is -2.31. The standard InChI is InChI=1S/C15H19BrO3/c1-9(8-17)12-10-4-2-7-19-15(10)13(16)11-5-3-6-18-14(11)12/h9,17H,2-8H2,1H3. The minimum Gasteiger partial charge on any atom is -0.493 e. The van der Waals surface area contributed by atoms with Crippen molar-refractivity contribution >= 4 is 15.9 Å². The third kappa shape index (κ3) is 2.15. The summed E-state index contributed by atoms with van der Waals surface area (Å²) in [5.41, 5.74) is 3.60. The number of aliphatic hydroxyl groups is 1. The zero-order chi connectivity index (χ0) is 13.4. The number of hydrogen-bond donors (Lipinski definition) is 1. The molecule has 2 heterocycles. The van der Waals surface area contributed by atoms with Gasteiger partial charge in [0.2, 0.25) is 0 Å². The molecular formula is C15H19BrO3. The van der Waals surface area contributed by atoms with E-state index in [4.69, 9.17) is 9.47 Å². The Bertz CT molecular complexity index is 462. The molecule has 0 bridgehead atoms. The normalized spacial score (nSPS) is 18.9. The Kier molecular flexibility index (Phi) is 3.72. The van der Waals surface area contributed by atoms with Crippen molar-refractivity contribution in [1.29, 1.82) is 0 Å². The molecule has 4 heteroatoms. The summed E-state index contributed by atoms with van der Waals surface area (Å²) in [6.45, 7) is 3.74. The molecule has 1 aromatic carbocycles. The maximum absolute atomic E-state index is 9.55. The molecule has 0 aromatic heterocycles. The van der Waals surface area contributed by atoms with Crippen LogP contribution in [-0.2, 0) is 12.8 Å². The fourth-order valence-electron chi connectivity index (χ4n) is 3.04. The van der Waals surface area contributed by atoms with Gasteiger partial charge in [-0.2, -0.15) is 0 Å². The third-order valence-corrected chi connectivity index (χ3v) is 4.82. The van der Waals surface area contributed by atoms with Gasteiger partial charge in [-0.25, -0.2) is 0 Å². The molecule has 3 rings (SSSR count). The van der Waals surface area contributed by atoms with Crippen molar-refractivity contribution in [3.63, 3.8) is 0 Å². The minimum atomic E-state index is 0.0930. The Hall–Kier alpha value is -0.740. The topological polar surface area (TPSA) is 38.7 Å². The number of aliphatic hydroxyl groups excluding tert-OH is 1. The predicted molar refractivity (Wildman–Crippen MR) is 77.3 cm³/mol. The van der Waals surface area contributed by atoms with E-state index < -0.39 is 0 Å². The smallest absolute Gasteiger partial charge is 0.137 e. The first-order chi connectivity index (χ1) is 9.24. The Balaban J connectivity index is 2.25. The zero-order valence-electron chi connectivity index (χ0n) is 11.2. The van der Waals surface area contributed by atoms with Gasteiger partial charge in [0.15, 0.2) is 0 Å². The third-order valence-electron chi connectivity index (χ3n) is 3.98. The van der Waals surface area contributed by atoms with Crippen LogP contribution in [0.25, 0.3) is 0 Å². The van der Waals surface area contributed by atoms with E-state index in [0.717, 1.165) is 60.4 Å². The Morgan fingerprint density at radius 2 is 1.74 bits per heavy atom. The first-order valence-electron chi connectivity index (χ1n) is 6.97. The van der Waals surface area contributed by atoms with Crippen molar-refractivity contribution in [3.8, 4) is 11.5 Å². The number of halogens is 1. The number of rotatable bonds is 2. The lowest BCUT2D eigenvalue weighted by atomic mass is 9.87. The second kappa shape index (κ2) is 5.33. The van der Waals surface area contributed by atoms with E-state index in [1.54, 1.807) is 0 Å². The van der Waals surface area contributed by atoms with E-state index in [0.29, 0.717) is 0 Å². The van der Waals surface area contributed by atoms with Gasteiger partial charge in [0, 0.05) is 29.2 Å². The van der Waals surface area contributed by atoms with Gasteiger partial charge in [-0.3, -0.25) is 0 Å². The van der Waals surface area contributed by atoms with Crippen LogP contribution >= 0.6 is 15.9 Å². The van der Waals surface area contributed by atoms with Crippen LogP contribution in [0.1, 0.15) is 42.4 Å². The summed E-state index contributed by atoms with van der Waals surface area (Å²) < 4.78 is 12.9. The Morgan fingerprint density at radius 1 is 1.11 bits per heavy atom. The molecule has 1 N–H and O–H groups in total. The van der Waals surface area contributed by atoms with Gasteiger partial charge in [0.1, 0.15) is 11.5 Å². The Morgan fingerprint density at radius 3 is 2.42 bits per heavy atom. The summed E-state index contributed by atoms with van der Waals surface area (Å²) in [5.74, 6) is 2.06. The fourth-order valence-corrected chi connectivity index (χ4v) is 3.77. The van der Waals surface area contributed by atoms with Gasteiger partial charge in [-0.1, -0.05) is 6.92 Å². The lowest BCUT2D eigenvalue weighted by molar-refractivity contribution is 0.247. The number of benzene rings is 1.